The monoisotopic (exact) mass is 605 g/mol. The average Bonchev–Trinajstić information content (AvgIpc) is 3.48. The molecule has 3 aromatic heterocycles. The maximum Gasteiger partial charge on any atom is 0.229 e. The first-order valence-corrected chi connectivity index (χ1v) is 15.9. The summed E-state index contributed by atoms with van der Waals surface area (Å²) in [5.74, 6) is 0.799. The Morgan fingerprint density at radius 2 is 1.89 bits per heavy atom. The number of Topliss-reactive ketones (excluding diaryl/α,β-unsaturated/α-hetero) is 1. The number of carbonyl (C=O) groups is 1. The molecular formula is C36H40FN7O. The van der Waals surface area contributed by atoms with Crippen LogP contribution in [0.25, 0.3) is 27.7 Å². The Bertz CT molecular complexity index is 1860. The Labute approximate surface area is 263 Å². The molecule has 5 aromatic rings. The van der Waals surface area contributed by atoms with Gasteiger partial charge in [-0.25, -0.2) is 4.39 Å². The third-order valence-electron chi connectivity index (χ3n) is 8.98. The van der Waals surface area contributed by atoms with Gasteiger partial charge in [-0.2, -0.15) is 19.6 Å². The number of fused-ring (bicyclic) bond motifs is 2. The Balaban J connectivity index is 1.29. The summed E-state index contributed by atoms with van der Waals surface area (Å²) in [5, 5.41) is 13.7. The summed E-state index contributed by atoms with van der Waals surface area (Å²) in [6.07, 6.45) is 9.58. The largest absolute Gasteiger partial charge is 0.351 e. The Hall–Kier alpha value is -4.66. The van der Waals surface area contributed by atoms with Crippen LogP contribution in [0.4, 0.5) is 16.3 Å². The fourth-order valence-corrected chi connectivity index (χ4v) is 6.29. The molecule has 2 N–H and O–H groups in total. The van der Waals surface area contributed by atoms with E-state index in [-0.39, 0.29) is 12.3 Å². The second-order valence-corrected chi connectivity index (χ2v) is 12.4. The second kappa shape index (κ2) is 13.1. The van der Waals surface area contributed by atoms with Gasteiger partial charge >= 0.3 is 0 Å². The van der Waals surface area contributed by atoms with Crippen LogP contribution in [0.1, 0.15) is 75.5 Å². The Kier molecular flexibility index (Phi) is 8.87. The van der Waals surface area contributed by atoms with Gasteiger partial charge in [0.15, 0.2) is 17.3 Å². The predicted molar refractivity (Wildman–Crippen MR) is 178 cm³/mol. The van der Waals surface area contributed by atoms with Crippen molar-refractivity contribution >= 4 is 34.1 Å². The Morgan fingerprint density at radius 3 is 2.64 bits per heavy atom. The summed E-state index contributed by atoms with van der Waals surface area (Å²) >= 11 is 0. The molecule has 0 aliphatic heterocycles. The van der Waals surface area contributed by atoms with Gasteiger partial charge in [-0.05, 0) is 60.1 Å². The fourth-order valence-electron chi connectivity index (χ4n) is 6.29. The van der Waals surface area contributed by atoms with Crippen molar-refractivity contribution in [2.75, 3.05) is 10.6 Å². The molecule has 45 heavy (non-hydrogen) atoms. The van der Waals surface area contributed by atoms with Crippen LogP contribution in [-0.4, -0.2) is 36.4 Å². The number of hydrogen-bond donors (Lipinski definition) is 2. The highest BCUT2D eigenvalue weighted by molar-refractivity contribution is 5.98. The molecule has 8 nitrogen and oxygen atoms in total. The fraction of sp³-hybridized carbons (Fsp3) is 0.361. The second-order valence-electron chi connectivity index (χ2n) is 12.4. The first-order chi connectivity index (χ1) is 21.8. The van der Waals surface area contributed by atoms with Crippen LogP contribution >= 0.6 is 0 Å². The van der Waals surface area contributed by atoms with Gasteiger partial charge in [0.05, 0.1) is 11.9 Å². The zero-order chi connectivity index (χ0) is 31.5. The van der Waals surface area contributed by atoms with Gasteiger partial charge in [0.25, 0.3) is 0 Å². The number of rotatable bonds is 11. The molecule has 232 valence electrons. The molecule has 3 heterocycles. The summed E-state index contributed by atoms with van der Waals surface area (Å²) in [5.41, 5.74) is 5.47. The third-order valence-corrected chi connectivity index (χ3v) is 8.98. The van der Waals surface area contributed by atoms with E-state index < -0.39 is 11.6 Å². The summed E-state index contributed by atoms with van der Waals surface area (Å²) in [6, 6.07) is 16.1. The van der Waals surface area contributed by atoms with Gasteiger partial charge in [0.2, 0.25) is 11.9 Å². The van der Waals surface area contributed by atoms with Crippen LogP contribution in [0.15, 0.2) is 73.3 Å². The molecule has 1 aliphatic carbocycles. The molecule has 0 atom stereocenters. The topological polar surface area (TPSA) is 97.1 Å². The standard InChI is InChI=1S/C36H40FN7O/c1-5-24-10-13-28(14-11-24)41-35-42-34-31(22(2)3)21-40-44(34)36(43-35)39-20-27-8-6-7-9-29(27)33-30-15-12-25(19-32(45)23(4)37)18-26(30)16-17-38-33/h6-9,12,15-18,21-22,24,28H,4-5,10-11,13-14,19-20H2,1-3H3,(H2,39,41,42,43). The van der Waals surface area contributed by atoms with E-state index in [4.69, 9.17) is 15.0 Å². The molecule has 1 saturated carbocycles. The minimum Gasteiger partial charge on any atom is -0.351 e. The number of nitrogens with one attached hydrogen (secondary N) is 2. The number of allylic oxidation sites excluding steroid dienone is 1. The van der Waals surface area contributed by atoms with Gasteiger partial charge in [0.1, 0.15) is 0 Å². The van der Waals surface area contributed by atoms with Crippen LogP contribution in [0, 0.1) is 5.92 Å². The van der Waals surface area contributed by atoms with Gasteiger partial charge in [-0.3, -0.25) is 9.78 Å². The van der Waals surface area contributed by atoms with Crippen molar-refractivity contribution in [2.24, 2.45) is 5.92 Å². The van der Waals surface area contributed by atoms with E-state index in [0.29, 0.717) is 24.5 Å². The average molecular weight is 606 g/mol. The van der Waals surface area contributed by atoms with Crippen molar-refractivity contribution in [3.8, 4) is 11.3 Å². The van der Waals surface area contributed by atoms with E-state index in [1.807, 2.05) is 42.6 Å². The Morgan fingerprint density at radius 1 is 1.09 bits per heavy atom. The summed E-state index contributed by atoms with van der Waals surface area (Å²) in [7, 11) is 0. The minimum absolute atomic E-state index is 0.0281. The van der Waals surface area contributed by atoms with Crippen LogP contribution in [0.3, 0.4) is 0 Å². The van der Waals surface area contributed by atoms with Crippen molar-refractivity contribution in [3.63, 3.8) is 0 Å². The molecule has 1 aliphatic rings. The smallest absolute Gasteiger partial charge is 0.229 e. The highest BCUT2D eigenvalue weighted by Crippen LogP contribution is 2.32. The van der Waals surface area contributed by atoms with Crippen LogP contribution in [0.5, 0.6) is 0 Å². The molecular weight excluding hydrogens is 565 g/mol. The normalized spacial score (nSPS) is 16.7. The number of anilines is 2. The predicted octanol–water partition coefficient (Wildman–Crippen LogP) is 8.05. The van der Waals surface area contributed by atoms with E-state index in [9.17, 15) is 9.18 Å². The minimum atomic E-state index is -0.926. The van der Waals surface area contributed by atoms with E-state index in [1.54, 1.807) is 10.7 Å². The first kappa shape index (κ1) is 30.4. The molecule has 0 bridgehead atoms. The highest BCUT2D eigenvalue weighted by atomic mass is 19.1. The maximum absolute atomic E-state index is 13.3. The van der Waals surface area contributed by atoms with Crippen molar-refractivity contribution in [2.45, 2.75) is 77.8 Å². The summed E-state index contributed by atoms with van der Waals surface area (Å²) in [6.45, 7) is 10.2. The number of benzene rings is 2. The van der Waals surface area contributed by atoms with E-state index in [2.05, 4.69) is 55.2 Å². The zero-order valence-corrected chi connectivity index (χ0v) is 26.2. The van der Waals surface area contributed by atoms with Gasteiger partial charge in [-0.15, -0.1) is 0 Å². The van der Waals surface area contributed by atoms with Crippen LogP contribution < -0.4 is 10.6 Å². The van der Waals surface area contributed by atoms with Gasteiger partial charge < -0.3 is 10.6 Å². The lowest BCUT2D eigenvalue weighted by Gasteiger charge is -2.28. The number of ketones is 1. The van der Waals surface area contributed by atoms with Crippen molar-refractivity contribution in [1.29, 1.82) is 0 Å². The molecule has 0 spiro atoms. The number of nitrogens with zero attached hydrogens (tertiary/aromatic N) is 5. The lowest BCUT2D eigenvalue weighted by Crippen LogP contribution is -2.27. The van der Waals surface area contributed by atoms with Gasteiger partial charge in [-0.1, -0.05) is 76.2 Å². The quantitative estimate of drug-likeness (QED) is 0.147. The molecule has 0 unspecified atom stereocenters. The molecule has 2 aromatic carbocycles. The number of halogens is 1. The van der Waals surface area contributed by atoms with E-state index >= 15 is 0 Å². The van der Waals surface area contributed by atoms with Crippen LogP contribution in [0.2, 0.25) is 0 Å². The lowest BCUT2D eigenvalue weighted by atomic mass is 9.85. The summed E-state index contributed by atoms with van der Waals surface area (Å²) < 4.78 is 15.1. The molecule has 9 heteroatoms. The van der Waals surface area contributed by atoms with E-state index in [0.717, 1.165) is 63.1 Å². The van der Waals surface area contributed by atoms with Crippen molar-refractivity contribution < 1.29 is 9.18 Å². The molecule has 0 radical (unpaired) electrons. The van der Waals surface area contributed by atoms with E-state index in [1.165, 1.54) is 19.3 Å². The van der Waals surface area contributed by atoms with Crippen LogP contribution in [-0.2, 0) is 17.8 Å². The van der Waals surface area contributed by atoms with Crippen molar-refractivity contribution in [1.82, 2.24) is 24.6 Å². The first-order valence-electron chi connectivity index (χ1n) is 15.9. The van der Waals surface area contributed by atoms with Gasteiger partial charge in [0, 0.05) is 41.7 Å². The number of hydrogen-bond acceptors (Lipinski definition) is 7. The molecule has 0 amide bonds. The van der Waals surface area contributed by atoms with Crippen molar-refractivity contribution in [3.05, 3.63) is 90.0 Å². The SMILES string of the molecule is C=C(F)C(=O)Cc1ccc2c(-c3ccccc3CNc3nc(NC4CCC(CC)CC4)nc4c(C(C)C)cnn34)nccc2c1. The summed E-state index contributed by atoms with van der Waals surface area (Å²) in [4.78, 5) is 26.5. The lowest BCUT2D eigenvalue weighted by molar-refractivity contribution is -0.116. The number of carbonyl (C=O) groups excluding carboxylic acids is 1. The number of pyridine rings is 1. The zero-order valence-electron chi connectivity index (χ0n) is 26.2. The maximum atomic E-state index is 13.3. The molecule has 1 fully saturated rings. The molecule has 0 saturated heterocycles. The highest BCUT2D eigenvalue weighted by Gasteiger charge is 2.22. The number of aromatic nitrogens is 5. The third kappa shape index (κ3) is 6.57. The molecule has 6 rings (SSSR count).